The van der Waals surface area contributed by atoms with Crippen molar-refractivity contribution in [3.05, 3.63) is 0 Å². The first-order valence-electron chi connectivity index (χ1n) is 3.54. The van der Waals surface area contributed by atoms with Gasteiger partial charge in [-0.25, -0.2) is 0 Å². The Hall–Kier alpha value is -0.0400. The Bertz CT molecular complexity index is 64.0. The van der Waals surface area contributed by atoms with Gasteiger partial charge in [0.1, 0.15) is 0 Å². The van der Waals surface area contributed by atoms with Gasteiger partial charge in [0, 0.05) is 0 Å². The van der Waals surface area contributed by atoms with E-state index in [1.54, 1.807) is 0 Å². The molecule has 8 heavy (non-hydrogen) atoms. The molecule has 0 unspecified atom stereocenters. The second-order valence-electron chi connectivity index (χ2n) is 2.90. The zero-order valence-corrected chi connectivity index (χ0v) is 5.56. The van der Waals surface area contributed by atoms with Gasteiger partial charge in [0.2, 0.25) is 0 Å². The summed E-state index contributed by atoms with van der Waals surface area (Å²) in [5, 5.41) is 0. The van der Waals surface area contributed by atoms with Gasteiger partial charge in [-0.2, -0.15) is 0 Å². The summed E-state index contributed by atoms with van der Waals surface area (Å²) in [6, 6.07) is 0. The molecule has 1 aliphatic rings. The second-order valence-corrected chi connectivity index (χ2v) is 2.90. The van der Waals surface area contributed by atoms with Crippen LogP contribution in [0.15, 0.2) is 0 Å². The summed E-state index contributed by atoms with van der Waals surface area (Å²) in [5.41, 5.74) is 5.48. The molecule has 1 atom stereocenters. The van der Waals surface area contributed by atoms with E-state index in [-0.39, 0.29) is 0 Å². The zero-order valence-electron chi connectivity index (χ0n) is 5.56. The summed E-state index contributed by atoms with van der Waals surface area (Å²) in [5.74, 6) is 1.75. The molecule has 0 aromatic carbocycles. The Morgan fingerprint density at radius 3 is 2.38 bits per heavy atom. The molecule has 0 spiro atoms. The number of nitrogens with two attached hydrogens (primary N) is 1. The van der Waals surface area contributed by atoms with E-state index in [1.165, 1.54) is 19.3 Å². The third kappa shape index (κ3) is 1.03. The molecule has 0 aromatic rings. The van der Waals surface area contributed by atoms with Gasteiger partial charge >= 0.3 is 0 Å². The van der Waals surface area contributed by atoms with Gasteiger partial charge in [-0.15, -0.1) is 0 Å². The molecule has 2 N–H and O–H groups in total. The summed E-state index contributed by atoms with van der Waals surface area (Å²) in [6.45, 7) is 3.13. The molecule has 0 aliphatic heterocycles. The number of hydrogen-bond donors (Lipinski definition) is 1. The minimum Gasteiger partial charge on any atom is -0.330 e. The Kier molecular flexibility index (Phi) is 1.90. The first-order valence-corrected chi connectivity index (χ1v) is 3.54. The minimum absolute atomic E-state index is 0.781. The van der Waals surface area contributed by atoms with E-state index in [0.29, 0.717) is 0 Å². The molecule has 1 aliphatic carbocycles. The van der Waals surface area contributed by atoms with Crippen molar-refractivity contribution in [1.82, 2.24) is 0 Å². The van der Waals surface area contributed by atoms with Gasteiger partial charge in [0.05, 0.1) is 0 Å². The molecule has 0 saturated heterocycles. The molecular formula is C7H15N. The van der Waals surface area contributed by atoms with Crippen LogP contribution in [-0.2, 0) is 0 Å². The van der Waals surface area contributed by atoms with Gasteiger partial charge in [-0.05, 0) is 18.4 Å². The van der Waals surface area contributed by atoms with Gasteiger partial charge in [-0.1, -0.05) is 26.2 Å². The van der Waals surface area contributed by atoms with Crippen LogP contribution >= 0.6 is 0 Å². The minimum atomic E-state index is 0.781. The van der Waals surface area contributed by atoms with Crippen molar-refractivity contribution in [2.45, 2.75) is 26.2 Å². The second kappa shape index (κ2) is 2.49. The van der Waals surface area contributed by atoms with Crippen LogP contribution in [-0.4, -0.2) is 6.54 Å². The van der Waals surface area contributed by atoms with Crippen molar-refractivity contribution >= 4 is 0 Å². The molecule has 0 aromatic heterocycles. The Labute approximate surface area is 51.3 Å². The normalized spacial score (nSPS) is 24.8. The van der Waals surface area contributed by atoms with Crippen molar-refractivity contribution in [3.63, 3.8) is 0 Å². The van der Waals surface area contributed by atoms with Crippen LogP contribution in [0, 0.1) is 11.8 Å². The fraction of sp³-hybridized carbons (Fsp3) is 1.00. The maximum absolute atomic E-state index is 5.48. The smallest absolute Gasteiger partial charge is 0.00489 e. The van der Waals surface area contributed by atoms with Gasteiger partial charge in [-0.3, -0.25) is 0 Å². The highest BCUT2D eigenvalue weighted by atomic mass is 14.6. The molecule has 0 radical (unpaired) electrons. The molecule has 0 heterocycles. The maximum Gasteiger partial charge on any atom is -0.00489 e. The highest BCUT2D eigenvalue weighted by molar-refractivity contribution is 4.74. The van der Waals surface area contributed by atoms with Gasteiger partial charge in [0.25, 0.3) is 0 Å². The predicted molar refractivity (Wildman–Crippen MR) is 35.6 cm³/mol. The van der Waals surface area contributed by atoms with Crippen molar-refractivity contribution in [1.29, 1.82) is 0 Å². The van der Waals surface area contributed by atoms with Crippen LogP contribution in [0.2, 0.25) is 0 Å². The van der Waals surface area contributed by atoms with Crippen LogP contribution in [0.25, 0.3) is 0 Å². The van der Waals surface area contributed by atoms with E-state index in [0.717, 1.165) is 18.4 Å². The topological polar surface area (TPSA) is 26.0 Å². The fourth-order valence-corrected chi connectivity index (χ4v) is 1.20. The van der Waals surface area contributed by atoms with E-state index in [2.05, 4.69) is 6.92 Å². The molecule has 1 heteroatoms. The average Bonchev–Trinajstić information content (AvgIpc) is 1.62. The highest BCUT2D eigenvalue weighted by Crippen LogP contribution is 2.32. The lowest BCUT2D eigenvalue weighted by Crippen LogP contribution is -2.25. The number of hydrogen-bond acceptors (Lipinski definition) is 1. The Morgan fingerprint density at radius 1 is 1.62 bits per heavy atom. The Morgan fingerprint density at radius 2 is 2.25 bits per heavy atom. The largest absolute Gasteiger partial charge is 0.330 e. The third-order valence-corrected chi connectivity index (χ3v) is 2.33. The highest BCUT2D eigenvalue weighted by Gasteiger charge is 2.22. The Balaban J connectivity index is 2.13. The van der Waals surface area contributed by atoms with E-state index < -0.39 is 0 Å². The fourth-order valence-electron chi connectivity index (χ4n) is 1.20. The van der Waals surface area contributed by atoms with Crippen molar-refractivity contribution in [2.24, 2.45) is 17.6 Å². The van der Waals surface area contributed by atoms with Gasteiger partial charge < -0.3 is 5.73 Å². The molecule has 1 fully saturated rings. The summed E-state index contributed by atoms with van der Waals surface area (Å²) < 4.78 is 0. The predicted octanol–water partition coefficient (Wildman–Crippen LogP) is 1.38. The molecular weight excluding hydrogens is 98.1 g/mol. The van der Waals surface area contributed by atoms with E-state index >= 15 is 0 Å². The van der Waals surface area contributed by atoms with Crippen molar-refractivity contribution in [3.8, 4) is 0 Å². The SMILES string of the molecule is C[C@H](CN)C1CCC1. The molecule has 0 amide bonds. The standard InChI is InChI=1S/C7H15N/c1-6(5-8)7-3-2-4-7/h6-7H,2-5,8H2,1H3/t6-/m1/s1. The van der Waals surface area contributed by atoms with Crippen LogP contribution in [0.3, 0.4) is 0 Å². The monoisotopic (exact) mass is 113 g/mol. The van der Waals surface area contributed by atoms with Gasteiger partial charge in [0.15, 0.2) is 0 Å². The lowest BCUT2D eigenvalue weighted by atomic mass is 9.77. The molecule has 1 saturated carbocycles. The molecule has 48 valence electrons. The van der Waals surface area contributed by atoms with E-state index in [4.69, 9.17) is 5.73 Å². The summed E-state index contributed by atoms with van der Waals surface area (Å²) >= 11 is 0. The average molecular weight is 113 g/mol. The first kappa shape index (κ1) is 6.09. The summed E-state index contributed by atoms with van der Waals surface area (Å²) in [7, 11) is 0. The van der Waals surface area contributed by atoms with E-state index in [9.17, 15) is 0 Å². The molecule has 0 bridgehead atoms. The zero-order chi connectivity index (χ0) is 5.98. The summed E-state index contributed by atoms with van der Waals surface area (Å²) in [6.07, 6.45) is 4.30. The lowest BCUT2D eigenvalue weighted by molar-refractivity contribution is 0.225. The van der Waals surface area contributed by atoms with Crippen LogP contribution in [0.4, 0.5) is 0 Å². The van der Waals surface area contributed by atoms with Crippen LogP contribution in [0.5, 0.6) is 0 Å². The molecule has 1 rings (SSSR count). The molecule has 1 nitrogen and oxygen atoms in total. The summed E-state index contributed by atoms with van der Waals surface area (Å²) in [4.78, 5) is 0. The quantitative estimate of drug-likeness (QED) is 0.575. The van der Waals surface area contributed by atoms with Crippen LogP contribution < -0.4 is 5.73 Å². The first-order chi connectivity index (χ1) is 3.84. The third-order valence-electron chi connectivity index (χ3n) is 2.33. The van der Waals surface area contributed by atoms with Crippen molar-refractivity contribution < 1.29 is 0 Å². The van der Waals surface area contributed by atoms with E-state index in [1.807, 2.05) is 0 Å². The maximum atomic E-state index is 5.48. The van der Waals surface area contributed by atoms with Crippen molar-refractivity contribution in [2.75, 3.05) is 6.54 Å². The number of rotatable bonds is 2. The van der Waals surface area contributed by atoms with Crippen LogP contribution in [0.1, 0.15) is 26.2 Å². The lowest BCUT2D eigenvalue weighted by Gasteiger charge is -2.30.